The molecule has 162 valence electrons. The molecule has 4 heteroatoms. The minimum atomic E-state index is -0.373. The summed E-state index contributed by atoms with van der Waals surface area (Å²) in [5, 5.41) is 3.37. The highest BCUT2D eigenvalue weighted by molar-refractivity contribution is 8.93. The highest BCUT2D eigenvalue weighted by atomic mass is 79.9. The number of nitrogens with one attached hydrogen (secondary N) is 1. The van der Waals surface area contributed by atoms with Crippen LogP contribution in [0.2, 0.25) is 0 Å². The maximum atomic E-state index is 11.2. The predicted molar refractivity (Wildman–Crippen MR) is 124 cm³/mol. The van der Waals surface area contributed by atoms with Gasteiger partial charge in [-0.25, -0.2) is 4.79 Å². The van der Waals surface area contributed by atoms with Gasteiger partial charge in [-0.15, -0.1) is 17.0 Å². The third kappa shape index (κ3) is 20.2. The average Bonchev–Trinajstić information content (AvgIpc) is 2.58. The molecule has 27 heavy (non-hydrogen) atoms. The Kier molecular flexibility index (Phi) is 20.3. The lowest BCUT2D eigenvalue weighted by Crippen LogP contribution is -2.46. The van der Waals surface area contributed by atoms with Crippen LogP contribution in [0.4, 0.5) is 0 Å². The van der Waals surface area contributed by atoms with Gasteiger partial charge in [-0.2, -0.15) is 0 Å². The number of hydrogen-bond acceptors (Lipinski definition) is 3. The molecule has 0 fully saturated rings. The molecule has 0 saturated carbocycles. The van der Waals surface area contributed by atoms with E-state index in [1.54, 1.807) is 0 Å². The zero-order valence-corrected chi connectivity index (χ0v) is 20.2. The van der Waals surface area contributed by atoms with Crippen molar-refractivity contribution in [1.82, 2.24) is 5.32 Å². The van der Waals surface area contributed by atoms with Crippen LogP contribution in [-0.4, -0.2) is 17.7 Å². The van der Waals surface area contributed by atoms with E-state index in [0.29, 0.717) is 0 Å². The molecule has 0 aromatic rings. The van der Waals surface area contributed by atoms with Crippen molar-refractivity contribution in [3.05, 3.63) is 12.7 Å². The van der Waals surface area contributed by atoms with Gasteiger partial charge in [0, 0.05) is 11.6 Å². The molecule has 0 heterocycles. The van der Waals surface area contributed by atoms with Crippen molar-refractivity contribution in [3.63, 3.8) is 0 Å². The molecule has 0 aromatic heterocycles. The van der Waals surface area contributed by atoms with Gasteiger partial charge < -0.3 is 4.74 Å². The summed E-state index contributed by atoms with van der Waals surface area (Å²) in [6, 6.07) is 0. The van der Waals surface area contributed by atoms with Crippen LogP contribution >= 0.6 is 17.0 Å². The molecule has 0 radical (unpaired) electrons. The van der Waals surface area contributed by atoms with Crippen LogP contribution in [0.3, 0.4) is 0 Å². The number of rotatable bonds is 18. The van der Waals surface area contributed by atoms with Crippen LogP contribution in [0.15, 0.2) is 12.7 Å². The second-order valence-corrected chi connectivity index (χ2v) is 8.30. The molecule has 1 N–H and O–H groups in total. The van der Waals surface area contributed by atoms with Crippen molar-refractivity contribution in [1.29, 1.82) is 0 Å². The van der Waals surface area contributed by atoms with E-state index in [4.69, 9.17) is 4.74 Å². The Morgan fingerprint density at radius 3 is 1.74 bits per heavy atom. The molecule has 0 saturated heterocycles. The highest BCUT2D eigenvalue weighted by Gasteiger charge is 2.20. The Bertz CT molecular complexity index is 358. The quantitative estimate of drug-likeness (QED) is 0.102. The monoisotopic (exact) mass is 447 g/mol. The second kappa shape index (κ2) is 19.0. The molecule has 3 nitrogen and oxygen atoms in total. The van der Waals surface area contributed by atoms with Gasteiger partial charge in [-0.1, -0.05) is 97.0 Å². The van der Waals surface area contributed by atoms with Gasteiger partial charge in [0.1, 0.15) is 0 Å². The van der Waals surface area contributed by atoms with Crippen molar-refractivity contribution in [2.24, 2.45) is 0 Å². The number of carbonyl (C=O) groups excluding carboxylic acids is 1. The maximum absolute atomic E-state index is 11.2. The number of unbranched alkanes of at least 4 members (excludes halogenated alkanes) is 12. The Morgan fingerprint density at radius 2 is 1.33 bits per heavy atom. The summed E-state index contributed by atoms with van der Waals surface area (Å²) in [6.45, 7) is 11.9. The summed E-state index contributed by atoms with van der Waals surface area (Å²) in [6.07, 6.45) is 20.0. The number of carbonyl (C=O) groups is 1. The third-order valence-corrected chi connectivity index (χ3v) is 4.96. The van der Waals surface area contributed by atoms with E-state index in [1.807, 2.05) is 6.92 Å². The first-order valence-electron chi connectivity index (χ1n) is 11.0. The first-order chi connectivity index (χ1) is 12.4. The topological polar surface area (TPSA) is 38.3 Å². The van der Waals surface area contributed by atoms with Gasteiger partial charge in [-0.05, 0) is 27.2 Å². The molecule has 0 aliphatic rings. The van der Waals surface area contributed by atoms with Crippen molar-refractivity contribution in [3.8, 4) is 0 Å². The predicted octanol–water partition coefficient (Wildman–Crippen LogP) is 7.49. The van der Waals surface area contributed by atoms with Gasteiger partial charge >= 0.3 is 5.97 Å². The van der Waals surface area contributed by atoms with Crippen LogP contribution in [0, 0.1) is 0 Å². The molecule has 0 amide bonds. The molecule has 0 aliphatic carbocycles. The maximum Gasteiger partial charge on any atom is 0.331 e. The smallest absolute Gasteiger partial charge is 0.331 e. The second-order valence-electron chi connectivity index (χ2n) is 8.30. The molecule has 1 unspecified atom stereocenters. The zero-order valence-electron chi connectivity index (χ0n) is 18.5. The van der Waals surface area contributed by atoms with Gasteiger partial charge in [0.25, 0.3) is 0 Å². The van der Waals surface area contributed by atoms with Crippen LogP contribution in [0.5, 0.6) is 0 Å². The molecule has 0 aromatic carbocycles. The largest absolute Gasteiger partial charge is 0.444 e. The van der Waals surface area contributed by atoms with Crippen LogP contribution in [-0.2, 0) is 9.53 Å². The molecule has 0 rings (SSSR count). The Labute approximate surface area is 179 Å². The lowest BCUT2D eigenvalue weighted by molar-refractivity contribution is -0.144. The van der Waals surface area contributed by atoms with Crippen molar-refractivity contribution < 1.29 is 9.53 Å². The van der Waals surface area contributed by atoms with Crippen LogP contribution in [0.1, 0.15) is 118 Å². The zero-order chi connectivity index (χ0) is 19.7. The lowest BCUT2D eigenvalue weighted by atomic mass is 9.95. The lowest BCUT2D eigenvalue weighted by Gasteiger charge is -2.30. The third-order valence-electron chi connectivity index (χ3n) is 4.96. The Hall–Kier alpha value is -0.350. The fourth-order valence-electron chi connectivity index (χ4n) is 3.46. The van der Waals surface area contributed by atoms with Crippen molar-refractivity contribution >= 4 is 23.0 Å². The number of hydrogen-bond donors (Lipinski definition) is 1. The molecule has 0 aliphatic heterocycles. The van der Waals surface area contributed by atoms with E-state index in [2.05, 4.69) is 32.7 Å². The minimum absolute atomic E-state index is 0. The SMILES string of the molecule is Br.C=CC(=O)OC(C)NC(C)(C)CCCCCCCCCCCCCCC. The van der Waals surface area contributed by atoms with Crippen LogP contribution < -0.4 is 5.32 Å². The summed E-state index contributed by atoms with van der Waals surface area (Å²) in [5.41, 5.74) is -0.0152. The first kappa shape index (κ1) is 28.9. The van der Waals surface area contributed by atoms with E-state index in [1.165, 1.54) is 89.5 Å². The van der Waals surface area contributed by atoms with Gasteiger partial charge in [0.05, 0.1) is 0 Å². The van der Waals surface area contributed by atoms with Gasteiger partial charge in [0.15, 0.2) is 6.23 Å². The summed E-state index contributed by atoms with van der Waals surface area (Å²) in [7, 11) is 0. The fourth-order valence-corrected chi connectivity index (χ4v) is 3.46. The van der Waals surface area contributed by atoms with E-state index < -0.39 is 0 Å². The van der Waals surface area contributed by atoms with Crippen molar-refractivity contribution in [2.75, 3.05) is 0 Å². The molecule has 0 spiro atoms. The average molecular weight is 449 g/mol. The van der Waals surface area contributed by atoms with E-state index in [9.17, 15) is 4.79 Å². The molecular formula is C23H46BrNO2. The normalized spacial score (nSPS) is 12.3. The number of ether oxygens (including phenoxy) is 1. The summed E-state index contributed by atoms with van der Waals surface area (Å²) < 4.78 is 5.19. The Morgan fingerprint density at radius 1 is 0.926 bits per heavy atom. The van der Waals surface area contributed by atoms with E-state index in [0.717, 1.165) is 6.42 Å². The fraction of sp³-hybridized carbons (Fsp3) is 0.870. The van der Waals surface area contributed by atoms with E-state index in [-0.39, 0.29) is 34.7 Å². The van der Waals surface area contributed by atoms with Gasteiger partial charge in [-0.3, -0.25) is 5.32 Å². The van der Waals surface area contributed by atoms with Crippen LogP contribution in [0.25, 0.3) is 0 Å². The van der Waals surface area contributed by atoms with Crippen molar-refractivity contribution in [2.45, 2.75) is 129 Å². The molecule has 1 atom stereocenters. The molecule has 0 bridgehead atoms. The Balaban J connectivity index is 0. The van der Waals surface area contributed by atoms with E-state index >= 15 is 0 Å². The number of esters is 1. The summed E-state index contributed by atoms with van der Waals surface area (Å²) >= 11 is 0. The minimum Gasteiger partial charge on any atom is -0.444 e. The summed E-state index contributed by atoms with van der Waals surface area (Å²) in [4.78, 5) is 11.2. The standard InChI is InChI=1S/C23H45NO2.BrH/c1-6-8-9-10-11-12-13-14-15-16-17-18-19-20-23(4,5)24-21(3)26-22(25)7-2;/h7,21,24H,2,6,8-20H2,1,3-5H3;1H. The number of halogens is 1. The van der Waals surface area contributed by atoms with Gasteiger partial charge in [0.2, 0.25) is 0 Å². The molecular weight excluding hydrogens is 402 g/mol. The summed E-state index contributed by atoms with van der Waals surface area (Å²) in [5.74, 6) is -0.373. The first-order valence-corrected chi connectivity index (χ1v) is 11.0. The highest BCUT2D eigenvalue weighted by Crippen LogP contribution is 2.17.